The van der Waals surface area contributed by atoms with Crippen LogP contribution in [0.25, 0.3) is 10.9 Å². The van der Waals surface area contributed by atoms with E-state index in [1.165, 1.54) is 9.58 Å². The van der Waals surface area contributed by atoms with Crippen LogP contribution < -0.4 is 0 Å². The van der Waals surface area contributed by atoms with Crippen molar-refractivity contribution in [3.05, 3.63) is 57.3 Å². The third kappa shape index (κ3) is 3.62. The van der Waals surface area contributed by atoms with Gasteiger partial charge in [0.05, 0.1) is 17.0 Å². The van der Waals surface area contributed by atoms with Crippen molar-refractivity contribution >= 4 is 22.5 Å². The lowest BCUT2D eigenvalue weighted by Crippen LogP contribution is -2.31. The van der Waals surface area contributed by atoms with Gasteiger partial charge in [-0.2, -0.15) is 5.10 Å². The average molecular weight is 368 g/mol. The van der Waals surface area contributed by atoms with Crippen LogP contribution in [0.2, 0.25) is 0 Å². The quantitative estimate of drug-likeness (QED) is 0.505. The van der Waals surface area contributed by atoms with E-state index in [4.69, 9.17) is 0 Å². The van der Waals surface area contributed by atoms with Gasteiger partial charge in [-0.15, -0.1) is 0 Å². The Labute approximate surface area is 155 Å². The molecule has 0 atom stereocenters. The molecule has 140 valence electrons. The molecule has 9 nitrogen and oxygen atoms in total. The first-order chi connectivity index (χ1) is 12.8. The number of carbonyl (C=O) groups excluding carboxylic acids is 1. The second-order valence-corrected chi connectivity index (χ2v) is 6.43. The topological polar surface area (TPSA) is 107 Å². The Morgan fingerprint density at radius 3 is 2.56 bits per heavy atom. The van der Waals surface area contributed by atoms with Crippen LogP contribution in [0.4, 0.5) is 5.69 Å². The van der Waals surface area contributed by atoms with Crippen LogP contribution in [-0.4, -0.2) is 42.5 Å². The van der Waals surface area contributed by atoms with E-state index >= 15 is 0 Å². The number of carbonyl (C=O) groups is 1. The van der Waals surface area contributed by atoms with Crippen molar-refractivity contribution in [2.24, 2.45) is 0 Å². The summed E-state index contributed by atoms with van der Waals surface area (Å²) in [6.07, 6.45) is 0. The van der Waals surface area contributed by atoms with Gasteiger partial charge in [0.1, 0.15) is 23.8 Å². The van der Waals surface area contributed by atoms with Crippen molar-refractivity contribution in [1.29, 1.82) is 0 Å². The van der Waals surface area contributed by atoms with Crippen LogP contribution in [0.5, 0.6) is 0 Å². The lowest BCUT2D eigenvalue weighted by molar-refractivity contribution is -0.386. The van der Waals surface area contributed by atoms with Gasteiger partial charge in [0.2, 0.25) is 5.91 Å². The fourth-order valence-electron chi connectivity index (χ4n) is 3.02. The highest BCUT2D eigenvalue weighted by atomic mass is 16.6. The molecular weight excluding hydrogens is 348 g/mol. The highest BCUT2D eigenvalue weighted by molar-refractivity contribution is 5.80. The van der Waals surface area contributed by atoms with Gasteiger partial charge >= 0.3 is 5.69 Å². The molecule has 0 aliphatic rings. The number of nitrogens with zero attached hydrogens (tertiary/aromatic N) is 6. The van der Waals surface area contributed by atoms with E-state index in [-0.39, 0.29) is 24.7 Å². The molecule has 27 heavy (non-hydrogen) atoms. The largest absolute Gasteiger partial charge is 0.337 e. The van der Waals surface area contributed by atoms with Crippen LogP contribution >= 0.6 is 0 Å². The van der Waals surface area contributed by atoms with Gasteiger partial charge in [0.25, 0.3) is 0 Å². The SMILES string of the molecule is Cc1nn(CC(=O)N(C)Cc2nc(C)c3ccccc3n2)c(C)c1[N+](=O)[O-]. The van der Waals surface area contributed by atoms with E-state index in [1.807, 2.05) is 31.2 Å². The van der Waals surface area contributed by atoms with Crippen molar-refractivity contribution in [2.75, 3.05) is 7.05 Å². The van der Waals surface area contributed by atoms with Gasteiger partial charge in [-0.3, -0.25) is 19.6 Å². The minimum absolute atomic E-state index is 0.0565. The summed E-state index contributed by atoms with van der Waals surface area (Å²) in [5.41, 5.74) is 2.28. The average Bonchev–Trinajstić information content (AvgIpc) is 2.88. The van der Waals surface area contributed by atoms with Crippen LogP contribution in [0, 0.1) is 30.9 Å². The van der Waals surface area contributed by atoms with Crippen molar-refractivity contribution in [3.63, 3.8) is 0 Å². The summed E-state index contributed by atoms with van der Waals surface area (Å²) in [6.45, 7) is 5.21. The molecule has 0 spiro atoms. The molecule has 3 rings (SSSR count). The van der Waals surface area contributed by atoms with E-state index in [2.05, 4.69) is 15.1 Å². The maximum absolute atomic E-state index is 12.5. The second-order valence-electron chi connectivity index (χ2n) is 6.43. The highest BCUT2D eigenvalue weighted by Crippen LogP contribution is 2.22. The zero-order valence-corrected chi connectivity index (χ0v) is 15.6. The van der Waals surface area contributed by atoms with Crippen LogP contribution in [-0.2, 0) is 17.9 Å². The Morgan fingerprint density at radius 1 is 1.19 bits per heavy atom. The predicted octanol–water partition coefficient (Wildman–Crippen LogP) is 2.32. The monoisotopic (exact) mass is 368 g/mol. The molecule has 1 amide bonds. The molecule has 0 saturated carbocycles. The number of amides is 1. The standard InChI is InChI=1S/C18H20N6O3/c1-11-14-7-5-6-8-15(14)20-16(19-11)9-22(4)17(25)10-23-13(3)18(24(26)27)12(2)21-23/h5-8H,9-10H2,1-4H3. The number of para-hydroxylation sites is 1. The summed E-state index contributed by atoms with van der Waals surface area (Å²) in [7, 11) is 1.65. The van der Waals surface area contributed by atoms with Crippen LogP contribution in [0.1, 0.15) is 22.9 Å². The van der Waals surface area contributed by atoms with Gasteiger partial charge in [0, 0.05) is 18.1 Å². The number of fused-ring (bicyclic) bond motifs is 1. The minimum Gasteiger partial charge on any atom is -0.337 e. The lowest BCUT2D eigenvalue weighted by atomic mass is 10.2. The van der Waals surface area contributed by atoms with E-state index in [0.717, 1.165) is 16.6 Å². The van der Waals surface area contributed by atoms with E-state index < -0.39 is 4.92 Å². The molecule has 1 aromatic carbocycles. The summed E-state index contributed by atoms with van der Waals surface area (Å²) in [6, 6.07) is 7.70. The molecule has 2 heterocycles. The van der Waals surface area contributed by atoms with Crippen LogP contribution in [0.15, 0.2) is 24.3 Å². The normalized spacial score (nSPS) is 11.0. The lowest BCUT2D eigenvalue weighted by Gasteiger charge is -2.17. The summed E-state index contributed by atoms with van der Waals surface area (Å²) in [5, 5.41) is 16.2. The van der Waals surface area contributed by atoms with Crippen molar-refractivity contribution in [3.8, 4) is 0 Å². The maximum Gasteiger partial charge on any atom is 0.312 e. The number of aryl methyl sites for hydroxylation is 2. The van der Waals surface area contributed by atoms with Gasteiger partial charge in [-0.05, 0) is 26.8 Å². The molecule has 9 heteroatoms. The molecule has 0 radical (unpaired) electrons. The summed E-state index contributed by atoms with van der Waals surface area (Å²) in [5.74, 6) is 0.311. The molecule has 0 aliphatic carbocycles. The molecule has 0 saturated heterocycles. The van der Waals surface area contributed by atoms with Crippen molar-refractivity contribution < 1.29 is 9.72 Å². The number of aromatic nitrogens is 4. The Balaban J connectivity index is 1.77. The van der Waals surface area contributed by atoms with Crippen LogP contribution in [0.3, 0.4) is 0 Å². The summed E-state index contributed by atoms with van der Waals surface area (Å²) >= 11 is 0. The zero-order valence-electron chi connectivity index (χ0n) is 15.6. The molecule has 0 unspecified atom stereocenters. The Hall–Kier alpha value is -3.36. The minimum atomic E-state index is -0.478. The fourth-order valence-corrected chi connectivity index (χ4v) is 3.02. The predicted molar refractivity (Wildman–Crippen MR) is 99.1 cm³/mol. The number of rotatable bonds is 5. The first-order valence-electron chi connectivity index (χ1n) is 8.42. The van der Waals surface area contributed by atoms with Gasteiger partial charge < -0.3 is 4.90 Å². The second kappa shape index (κ2) is 7.10. The Kier molecular flexibility index (Phi) is 4.85. The Bertz CT molecular complexity index is 1040. The number of likely N-dealkylation sites (N-methyl/N-ethyl adjacent to an activating group) is 1. The number of nitro groups is 1. The molecule has 2 aromatic heterocycles. The first kappa shape index (κ1) is 18.4. The third-order valence-electron chi connectivity index (χ3n) is 4.46. The zero-order chi connectivity index (χ0) is 19.7. The number of hydrogen-bond donors (Lipinski definition) is 0. The van der Waals surface area contributed by atoms with Crippen molar-refractivity contribution in [1.82, 2.24) is 24.6 Å². The summed E-state index contributed by atoms with van der Waals surface area (Å²) in [4.78, 5) is 33.6. The fraction of sp³-hybridized carbons (Fsp3) is 0.333. The first-order valence-corrected chi connectivity index (χ1v) is 8.42. The van der Waals surface area contributed by atoms with E-state index in [9.17, 15) is 14.9 Å². The molecular formula is C18H20N6O3. The molecule has 3 aromatic rings. The third-order valence-corrected chi connectivity index (χ3v) is 4.46. The van der Waals surface area contributed by atoms with E-state index in [1.54, 1.807) is 20.9 Å². The van der Waals surface area contributed by atoms with Gasteiger partial charge in [0.15, 0.2) is 0 Å². The van der Waals surface area contributed by atoms with Gasteiger partial charge in [-0.1, -0.05) is 18.2 Å². The molecule has 0 aliphatic heterocycles. The molecule has 0 fully saturated rings. The number of hydrogen-bond acceptors (Lipinski definition) is 6. The maximum atomic E-state index is 12.5. The van der Waals surface area contributed by atoms with E-state index in [0.29, 0.717) is 17.2 Å². The summed E-state index contributed by atoms with van der Waals surface area (Å²) < 4.78 is 1.36. The molecule has 0 bridgehead atoms. The molecule has 0 N–H and O–H groups in total. The number of benzene rings is 1. The van der Waals surface area contributed by atoms with Gasteiger partial charge in [-0.25, -0.2) is 9.97 Å². The smallest absolute Gasteiger partial charge is 0.312 e. The Morgan fingerprint density at radius 2 is 1.89 bits per heavy atom. The highest BCUT2D eigenvalue weighted by Gasteiger charge is 2.23. The van der Waals surface area contributed by atoms with Crippen molar-refractivity contribution in [2.45, 2.75) is 33.9 Å².